The molecule has 3 rings (SSSR count). The summed E-state index contributed by atoms with van der Waals surface area (Å²) in [6.45, 7) is 5.80. The lowest BCUT2D eigenvalue weighted by Crippen LogP contribution is -2.32. The summed E-state index contributed by atoms with van der Waals surface area (Å²) in [5.41, 5.74) is 3.54. The average molecular weight is 410 g/mol. The fourth-order valence-corrected chi connectivity index (χ4v) is 3.68. The Morgan fingerprint density at radius 3 is 2.55 bits per heavy atom. The van der Waals surface area contributed by atoms with Gasteiger partial charge in [0.2, 0.25) is 5.91 Å². The number of imide groups is 1. The minimum absolute atomic E-state index is 0.151. The number of nitrogens with one attached hydrogen (secondary N) is 1. The Balaban J connectivity index is 1.62. The second-order valence-electron chi connectivity index (χ2n) is 6.75. The zero-order valence-electron chi connectivity index (χ0n) is 16.5. The Kier molecular flexibility index (Phi) is 6.39. The standard InChI is InChI=1S/C22H22N2O4S/c1-14-4-5-15(2)19(12-14)28-11-10-24-21(26)20(29-22(24)27)13-17-6-8-18(9-7-17)23-16(3)25/h4-9,12-13H,10-11H2,1-3H3,(H,23,25)/b20-13-. The fraction of sp³-hybridized carbons (Fsp3) is 0.227. The third-order valence-electron chi connectivity index (χ3n) is 4.32. The van der Waals surface area contributed by atoms with E-state index in [0.717, 1.165) is 34.2 Å². The van der Waals surface area contributed by atoms with E-state index < -0.39 is 0 Å². The molecule has 1 saturated heterocycles. The highest BCUT2D eigenvalue weighted by Crippen LogP contribution is 2.32. The second kappa shape index (κ2) is 8.96. The first-order chi connectivity index (χ1) is 13.8. The number of thioether (sulfide) groups is 1. The van der Waals surface area contributed by atoms with Gasteiger partial charge < -0.3 is 10.1 Å². The van der Waals surface area contributed by atoms with Gasteiger partial charge in [-0.25, -0.2) is 0 Å². The number of hydrogen-bond acceptors (Lipinski definition) is 5. The van der Waals surface area contributed by atoms with E-state index in [1.165, 1.54) is 11.8 Å². The van der Waals surface area contributed by atoms with E-state index >= 15 is 0 Å². The van der Waals surface area contributed by atoms with E-state index in [2.05, 4.69) is 5.32 Å². The average Bonchev–Trinajstić information content (AvgIpc) is 2.93. The van der Waals surface area contributed by atoms with E-state index in [9.17, 15) is 14.4 Å². The molecule has 7 heteroatoms. The van der Waals surface area contributed by atoms with Crippen LogP contribution in [-0.4, -0.2) is 35.1 Å². The van der Waals surface area contributed by atoms with Gasteiger partial charge in [-0.15, -0.1) is 0 Å². The van der Waals surface area contributed by atoms with Crippen molar-refractivity contribution >= 4 is 40.6 Å². The zero-order valence-corrected chi connectivity index (χ0v) is 17.3. The number of nitrogens with zero attached hydrogens (tertiary/aromatic N) is 1. The number of anilines is 1. The third kappa shape index (κ3) is 5.26. The maximum absolute atomic E-state index is 12.6. The topological polar surface area (TPSA) is 75.7 Å². The molecule has 1 heterocycles. The quantitative estimate of drug-likeness (QED) is 0.716. The van der Waals surface area contributed by atoms with E-state index in [4.69, 9.17) is 4.74 Å². The first-order valence-corrected chi connectivity index (χ1v) is 9.98. The molecule has 0 atom stereocenters. The lowest BCUT2D eigenvalue weighted by molar-refractivity contribution is -0.123. The van der Waals surface area contributed by atoms with Crippen molar-refractivity contribution in [1.82, 2.24) is 4.90 Å². The molecule has 1 fully saturated rings. The second-order valence-corrected chi connectivity index (χ2v) is 7.75. The number of benzene rings is 2. The first kappa shape index (κ1) is 20.7. The van der Waals surface area contributed by atoms with Gasteiger partial charge in [0, 0.05) is 12.6 Å². The molecule has 0 radical (unpaired) electrons. The number of hydrogen-bond donors (Lipinski definition) is 1. The SMILES string of the molecule is CC(=O)Nc1ccc(/C=C2\SC(=O)N(CCOc3cc(C)ccc3C)C2=O)cc1. The monoisotopic (exact) mass is 410 g/mol. The molecule has 29 heavy (non-hydrogen) atoms. The largest absolute Gasteiger partial charge is 0.491 e. The lowest BCUT2D eigenvalue weighted by Gasteiger charge is -2.14. The zero-order chi connectivity index (χ0) is 21.0. The molecule has 1 aliphatic heterocycles. The maximum atomic E-state index is 12.6. The summed E-state index contributed by atoms with van der Waals surface area (Å²) in [6, 6.07) is 13.0. The van der Waals surface area contributed by atoms with Gasteiger partial charge >= 0.3 is 0 Å². The Labute approximate surface area is 173 Å². The van der Waals surface area contributed by atoms with Crippen molar-refractivity contribution < 1.29 is 19.1 Å². The molecule has 3 amide bonds. The van der Waals surface area contributed by atoms with Crippen LogP contribution in [0.2, 0.25) is 0 Å². The molecule has 0 unspecified atom stereocenters. The summed E-state index contributed by atoms with van der Waals surface area (Å²) < 4.78 is 5.77. The molecule has 0 spiro atoms. The number of ether oxygens (including phenoxy) is 1. The van der Waals surface area contributed by atoms with E-state index in [1.54, 1.807) is 30.3 Å². The van der Waals surface area contributed by atoms with Crippen molar-refractivity contribution in [1.29, 1.82) is 0 Å². The molecule has 6 nitrogen and oxygen atoms in total. The Bertz CT molecular complexity index is 983. The third-order valence-corrected chi connectivity index (χ3v) is 5.23. The number of rotatable bonds is 6. The van der Waals surface area contributed by atoms with Crippen molar-refractivity contribution in [3.8, 4) is 5.75 Å². The van der Waals surface area contributed by atoms with Crippen LogP contribution in [0.3, 0.4) is 0 Å². The summed E-state index contributed by atoms with van der Waals surface area (Å²) in [5, 5.41) is 2.38. The highest BCUT2D eigenvalue weighted by molar-refractivity contribution is 8.18. The van der Waals surface area contributed by atoms with Crippen molar-refractivity contribution in [3.63, 3.8) is 0 Å². The van der Waals surface area contributed by atoms with E-state index in [1.807, 2.05) is 32.0 Å². The van der Waals surface area contributed by atoms with Crippen molar-refractivity contribution in [2.75, 3.05) is 18.5 Å². The van der Waals surface area contributed by atoms with Crippen LogP contribution < -0.4 is 10.1 Å². The summed E-state index contributed by atoms with van der Waals surface area (Å²) in [4.78, 5) is 37.5. The van der Waals surface area contributed by atoms with Crippen molar-refractivity contribution in [2.24, 2.45) is 0 Å². The van der Waals surface area contributed by atoms with Crippen LogP contribution in [0.4, 0.5) is 10.5 Å². The van der Waals surface area contributed by atoms with Gasteiger partial charge in [0.05, 0.1) is 11.4 Å². The van der Waals surface area contributed by atoms with Crippen molar-refractivity contribution in [2.45, 2.75) is 20.8 Å². The van der Waals surface area contributed by atoms with Crippen LogP contribution in [0.5, 0.6) is 5.75 Å². The lowest BCUT2D eigenvalue weighted by atomic mass is 10.1. The highest BCUT2D eigenvalue weighted by atomic mass is 32.2. The smallest absolute Gasteiger partial charge is 0.293 e. The van der Waals surface area contributed by atoms with E-state index in [-0.39, 0.29) is 30.2 Å². The fourth-order valence-electron chi connectivity index (χ4n) is 2.82. The predicted octanol–water partition coefficient (Wildman–Crippen LogP) is 4.38. The molecule has 0 aromatic heterocycles. The molecular weight excluding hydrogens is 388 g/mol. The molecule has 2 aromatic carbocycles. The van der Waals surface area contributed by atoms with Gasteiger partial charge in [-0.1, -0.05) is 24.3 Å². The Morgan fingerprint density at radius 1 is 1.14 bits per heavy atom. The Hall–Kier alpha value is -3.06. The number of carbonyl (C=O) groups is 3. The van der Waals surface area contributed by atoms with Gasteiger partial charge in [0.15, 0.2) is 0 Å². The van der Waals surface area contributed by atoms with Crippen molar-refractivity contribution in [3.05, 3.63) is 64.1 Å². The summed E-state index contributed by atoms with van der Waals surface area (Å²) in [6.07, 6.45) is 1.67. The predicted molar refractivity (Wildman–Crippen MR) is 115 cm³/mol. The summed E-state index contributed by atoms with van der Waals surface area (Å²) in [5.74, 6) is 0.282. The van der Waals surface area contributed by atoms with Gasteiger partial charge in [-0.05, 0) is 66.6 Å². The van der Waals surface area contributed by atoms with E-state index in [0.29, 0.717) is 10.6 Å². The summed E-state index contributed by atoms with van der Waals surface area (Å²) in [7, 11) is 0. The van der Waals surface area contributed by atoms with Crippen LogP contribution >= 0.6 is 11.8 Å². The van der Waals surface area contributed by atoms with Crippen LogP contribution in [-0.2, 0) is 9.59 Å². The molecule has 2 aromatic rings. The minimum atomic E-state index is -0.324. The van der Waals surface area contributed by atoms with Crippen LogP contribution in [0.15, 0.2) is 47.4 Å². The summed E-state index contributed by atoms with van der Waals surface area (Å²) >= 11 is 0.917. The molecule has 1 N–H and O–H groups in total. The van der Waals surface area contributed by atoms with Gasteiger partial charge in [0.25, 0.3) is 11.1 Å². The molecule has 1 aliphatic rings. The molecule has 0 aliphatic carbocycles. The van der Waals surface area contributed by atoms with Gasteiger partial charge in [0.1, 0.15) is 12.4 Å². The maximum Gasteiger partial charge on any atom is 0.293 e. The minimum Gasteiger partial charge on any atom is -0.491 e. The molecule has 0 saturated carbocycles. The highest BCUT2D eigenvalue weighted by Gasteiger charge is 2.34. The normalized spacial score (nSPS) is 15.1. The van der Waals surface area contributed by atoms with Gasteiger partial charge in [-0.3, -0.25) is 19.3 Å². The van der Waals surface area contributed by atoms with Crippen LogP contribution in [0.1, 0.15) is 23.6 Å². The number of aryl methyl sites for hydroxylation is 2. The number of carbonyl (C=O) groups excluding carboxylic acids is 3. The van der Waals surface area contributed by atoms with Crippen LogP contribution in [0, 0.1) is 13.8 Å². The Morgan fingerprint density at radius 2 is 1.86 bits per heavy atom. The molecule has 150 valence electrons. The van der Waals surface area contributed by atoms with Crippen LogP contribution in [0.25, 0.3) is 6.08 Å². The number of amides is 3. The van der Waals surface area contributed by atoms with Gasteiger partial charge in [-0.2, -0.15) is 0 Å². The molecular formula is C22H22N2O4S. The molecule has 0 bridgehead atoms. The first-order valence-electron chi connectivity index (χ1n) is 9.16.